The predicted octanol–water partition coefficient (Wildman–Crippen LogP) is 2.59. The van der Waals surface area contributed by atoms with E-state index in [0.29, 0.717) is 37.5 Å². The van der Waals surface area contributed by atoms with E-state index in [1.54, 1.807) is 27.8 Å². The molecular formula is C21H30N4O4S. The third kappa shape index (κ3) is 5.40. The number of nitrogens with one attached hydrogen (secondary N) is 1. The fourth-order valence-corrected chi connectivity index (χ4v) is 5.10. The third-order valence-corrected chi connectivity index (χ3v) is 6.73. The minimum absolute atomic E-state index is 0.0313. The summed E-state index contributed by atoms with van der Waals surface area (Å²) < 4.78 is 33.8. The average Bonchev–Trinajstić information content (AvgIpc) is 3.37. The molecule has 1 aromatic carbocycles. The number of ether oxygens (including phenoxy) is 1. The SMILES string of the molecule is CCNC(=O)N(CC)Cc1cnc(S(=O)(=O)Cc2ccccc2)n1C[C@H]1CCCO1. The summed E-state index contributed by atoms with van der Waals surface area (Å²) in [4.78, 5) is 18.2. The lowest BCUT2D eigenvalue weighted by Gasteiger charge is -2.23. The molecule has 8 nitrogen and oxygen atoms in total. The van der Waals surface area contributed by atoms with Crippen LogP contribution in [0.4, 0.5) is 4.79 Å². The number of nitrogens with zero attached hydrogens (tertiary/aromatic N) is 3. The molecule has 1 aliphatic heterocycles. The van der Waals surface area contributed by atoms with Crippen molar-refractivity contribution in [3.63, 3.8) is 0 Å². The van der Waals surface area contributed by atoms with E-state index in [1.165, 1.54) is 0 Å². The van der Waals surface area contributed by atoms with Crippen LogP contribution in [0.25, 0.3) is 0 Å². The molecule has 2 heterocycles. The molecule has 1 N–H and O–H groups in total. The van der Waals surface area contributed by atoms with E-state index in [-0.39, 0.29) is 29.6 Å². The zero-order valence-corrected chi connectivity index (χ0v) is 18.4. The number of benzene rings is 1. The highest BCUT2D eigenvalue weighted by atomic mass is 32.2. The molecule has 0 radical (unpaired) electrons. The van der Waals surface area contributed by atoms with Gasteiger partial charge in [-0.3, -0.25) is 0 Å². The van der Waals surface area contributed by atoms with Crippen LogP contribution >= 0.6 is 0 Å². The number of carbonyl (C=O) groups is 1. The van der Waals surface area contributed by atoms with Crippen molar-refractivity contribution in [3.05, 3.63) is 47.8 Å². The minimum atomic E-state index is -3.66. The maximum absolute atomic E-state index is 13.2. The molecule has 9 heteroatoms. The molecule has 0 spiro atoms. The van der Waals surface area contributed by atoms with Crippen molar-refractivity contribution in [1.82, 2.24) is 19.8 Å². The summed E-state index contributed by atoms with van der Waals surface area (Å²) >= 11 is 0. The fourth-order valence-electron chi connectivity index (χ4n) is 3.60. The summed E-state index contributed by atoms with van der Waals surface area (Å²) in [6.45, 7) is 6.16. The number of rotatable bonds is 9. The van der Waals surface area contributed by atoms with Gasteiger partial charge in [0.05, 0.1) is 36.8 Å². The molecule has 0 aliphatic carbocycles. The highest BCUT2D eigenvalue weighted by Crippen LogP contribution is 2.22. The molecule has 0 saturated carbocycles. The monoisotopic (exact) mass is 434 g/mol. The number of aromatic nitrogens is 2. The number of sulfone groups is 1. The lowest BCUT2D eigenvalue weighted by Crippen LogP contribution is -2.39. The smallest absolute Gasteiger partial charge is 0.317 e. The van der Waals surface area contributed by atoms with Gasteiger partial charge < -0.3 is 19.5 Å². The Bertz CT molecular complexity index is 937. The Hall–Kier alpha value is -2.39. The Morgan fingerprint density at radius 3 is 2.70 bits per heavy atom. The number of hydrogen-bond acceptors (Lipinski definition) is 5. The van der Waals surface area contributed by atoms with Gasteiger partial charge in [0.1, 0.15) is 0 Å². The van der Waals surface area contributed by atoms with Gasteiger partial charge in [-0.25, -0.2) is 18.2 Å². The van der Waals surface area contributed by atoms with Crippen molar-refractivity contribution >= 4 is 15.9 Å². The van der Waals surface area contributed by atoms with E-state index in [9.17, 15) is 13.2 Å². The first-order valence-electron chi connectivity index (χ1n) is 10.4. The van der Waals surface area contributed by atoms with Crippen LogP contribution in [-0.2, 0) is 33.4 Å². The molecular weight excluding hydrogens is 404 g/mol. The molecule has 2 amide bonds. The van der Waals surface area contributed by atoms with Gasteiger partial charge in [0.25, 0.3) is 0 Å². The number of amides is 2. The van der Waals surface area contributed by atoms with Crippen LogP contribution in [0.15, 0.2) is 41.7 Å². The van der Waals surface area contributed by atoms with Crippen LogP contribution in [0.2, 0.25) is 0 Å². The molecule has 0 unspecified atom stereocenters. The zero-order chi connectivity index (χ0) is 21.6. The van der Waals surface area contributed by atoms with Gasteiger partial charge in [0.15, 0.2) is 0 Å². The second kappa shape index (κ2) is 10.1. The van der Waals surface area contributed by atoms with E-state index < -0.39 is 9.84 Å². The van der Waals surface area contributed by atoms with Gasteiger partial charge in [0, 0.05) is 19.7 Å². The lowest BCUT2D eigenvalue weighted by atomic mass is 10.2. The number of hydrogen-bond donors (Lipinski definition) is 1. The maximum atomic E-state index is 13.2. The predicted molar refractivity (Wildman–Crippen MR) is 114 cm³/mol. The van der Waals surface area contributed by atoms with Gasteiger partial charge in [-0.2, -0.15) is 0 Å². The zero-order valence-electron chi connectivity index (χ0n) is 17.6. The second-order valence-electron chi connectivity index (χ2n) is 7.37. The Labute approximate surface area is 178 Å². The van der Waals surface area contributed by atoms with Crippen molar-refractivity contribution in [1.29, 1.82) is 0 Å². The molecule has 30 heavy (non-hydrogen) atoms. The van der Waals surface area contributed by atoms with Crippen molar-refractivity contribution in [2.75, 3.05) is 19.7 Å². The van der Waals surface area contributed by atoms with Gasteiger partial charge in [0.2, 0.25) is 15.0 Å². The lowest BCUT2D eigenvalue weighted by molar-refractivity contribution is 0.0935. The first-order valence-corrected chi connectivity index (χ1v) is 12.0. The van der Waals surface area contributed by atoms with E-state index in [2.05, 4.69) is 10.3 Å². The Morgan fingerprint density at radius 2 is 2.07 bits per heavy atom. The van der Waals surface area contributed by atoms with E-state index in [4.69, 9.17) is 4.74 Å². The number of carbonyl (C=O) groups excluding carboxylic acids is 1. The summed E-state index contributed by atoms with van der Waals surface area (Å²) in [5, 5.41) is 2.82. The van der Waals surface area contributed by atoms with Crippen LogP contribution < -0.4 is 5.32 Å². The molecule has 2 aromatic rings. The van der Waals surface area contributed by atoms with Crippen molar-refractivity contribution in [3.8, 4) is 0 Å². The Kier molecular flexibility index (Phi) is 7.49. The van der Waals surface area contributed by atoms with Gasteiger partial charge in [-0.15, -0.1) is 0 Å². The molecule has 1 aliphatic rings. The first-order chi connectivity index (χ1) is 14.4. The second-order valence-corrected chi connectivity index (χ2v) is 9.26. The van der Waals surface area contributed by atoms with Crippen LogP contribution in [0.1, 0.15) is 37.9 Å². The Morgan fingerprint density at radius 1 is 1.30 bits per heavy atom. The molecule has 164 valence electrons. The first kappa shape index (κ1) is 22.3. The van der Waals surface area contributed by atoms with Crippen molar-refractivity contribution < 1.29 is 17.9 Å². The van der Waals surface area contributed by atoms with Crippen LogP contribution in [-0.4, -0.2) is 54.7 Å². The van der Waals surface area contributed by atoms with Crippen molar-refractivity contribution in [2.24, 2.45) is 0 Å². The molecule has 1 fully saturated rings. The fraction of sp³-hybridized carbons (Fsp3) is 0.524. The molecule has 1 saturated heterocycles. The van der Waals surface area contributed by atoms with E-state index in [0.717, 1.165) is 12.8 Å². The van der Waals surface area contributed by atoms with Crippen molar-refractivity contribution in [2.45, 2.75) is 56.8 Å². The van der Waals surface area contributed by atoms with Crippen LogP contribution in [0.3, 0.4) is 0 Å². The van der Waals surface area contributed by atoms with Crippen LogP contribution in [0, 0.1) is 0 Å². The van der Waals surface area contributed by atoms with Gasteiger partial charge in [-0.1, -0.05) is 30.3 Å². The highest BCUT2D eigenvalue weighted by molar-refractivity contribution is 7.90. The van der Waals surface area contributed by atoms with Gasteiger partial charge in [-0.05, 0) is 32.3 Å². The summed E-state index contributed by atoms with van der Waals surface area (Å²) in [5.41, 5.74) is 1.40. The number of urea groups is 1. The summed E-state index contributed by atoms with van der Waals surface area (Å²) in [7, 11) is -3.66. The van der Waals surface area contributed by atoms with Gasteiger partial charge >= 0.3 is 6.03 Å². The van der Waals surface area contributed by atoms with E-state index in [1.807, 2.05) is 32.0 Å². The van der Waals surface area contributed by atoms with Crippen LogP contribution in [0.5, 0.6) is 0 Å². The highest BCUT2D eigenvalue weighted by Gasteiger charge is 2.28. The molecule has 0 bridgehead atoms. The molecule has 3 rings (SSSR count). The minimum Gasteiger partial charge on any atom is -0.376 e. The molecule has 1 aromatic heterocycles. The third-order valence-electron chi connectivity index (χ3n) is 5.14. The summed E-state index contributed by atoms with van der Waals surface area (Å²) in [5.74, 6) is -0.121. The average molecular weight is 435 g/mol. The van der Waals surface area contributed by atoms with E-state index >= 15 is 0 Å². The summed E-state index contributed by atoms with van der Waals surface area (Å²) in [6, 6.07) is 8.90. The maximum Gasteiger partial charge on any atom is 0.317 e. The number of imidazole rings is 1. The molecule has 1 atom stereocenters. The Balaban J connectivity index is 1.91. The standard InChI is InChI=1S/C21H30N4O4S/c1-3-22-20(26)24(4-2)14-18-13-23-21(25(18)15-19-11-8-12-29-19)30(27,28)16-17-9-6-5-7-10-17/h5-7,9-10,13,19H,3-4,8,11-12,14-16H2,1-2H3,(H,22,26)/t19-/m1/s1. The summed E-state index contributed by atoms with van der Waals surface area (Å²) in [6.07, 6.45) is 3.35. The quantitative estimate of drug-likeness (QED) is 0.655. The largest absolute Gasteiger partial charge is 0.376 e. The normalized spacial score (nSPS) is 16.5. The topological polar surface area (TPSA) is 93.5 Å².